The van der Waals surface area contributed by atoms with Crippen LogP contribution in [0.15, 0.2) is 12.4 Å². The lowest BCUT2D eigenvalue weighted by Gasteiger charge is -2.11. The first-order valence-electron chi connectivity index (χ1n) is 5.77. The molecular formula is C12H10Cl2N4. The molecule has 0 N–H and O–H groups in total. The van der Waals surface area contributed by atoms with Crippen molar-refractivity contribution in [1.82, 2.24) is 14.5 Å². The van der Waals surface area contributed by atoms with E-state index in [1.165, 1.54) is 0 Å². The van der Waals surface area contributed by atoms with E-state index in [1.54, 1.807) is 12.4 Å². The highest BCUT2D eigenvalue weighted by Gasteiger charge is 2.27. The monoisotopic (exact) mass is 280 g/mol. The molecule has 1 saturated carbocycles. The summed E-state index contributed by atoms with van der Waals surface area (Å²) >= 11 is 12.0. The average Bonchev–Trinajstić information content (AvgIpc) is 2.93. The zero-order chi connectivity index (χ0) is 12.7. The van der Waals surface area contributed by atoms with E-state index in [2.05, 4.69) is 16.0 Å². The molecule has 1 fully saturated rings. The SMILES string of the molecule is N#CC1CCC(n2cnc3c(Cl)cc(Cl)nc32)C1. The van der Waals surface area contributed by atoms with Crippen LogP contribution in [0.4, 0.5) is 0 Å². The van der Waals surface area contributed by atoms with Gasteiger partial charge in [-0.3, -0.25) is 0 Å². The fourth-order valence-corrected chi connectivity index (χ4v) is 3.02. The van der Waals surface area contributed by atoms with Crippen molar-refractivity contribution < 1.29 is 0 Å². The maximum atomic E-state index is 8.95. The Morgan fingerprint density at radius 1 is 1.39 bits per heavy atom. The van der Waals surface area contributed by atoms with Gasteiger partial charge in [0.25, 0.3) is 0 Å². The first-order valence-corrected chi connectivity index (χ1v) is 6.53. The van der Waals surface area contributed by atoms with Gasteiger partial charge in [0.1, 0.15) is 10.7 Å². The Labute approximate surface area is 114 Å². The standard InChI is InChI=1S/C12H10Cl2N4/c13-9-4-10(14)17-12-11(9)16-6-18(12)8-2-1-7(3-8)5-15/h4,6-8H,1-3H2. The second-order valence-corrected chi connectivity index (χ2v) is 5.34. The molecule has 1 aliphatic rings. The number of halogens is 2. The molecule has 0 spiro atoms. The average molecular weight is 281 g/mol. The normalized spacial score (nSPS) is 23.4. The first kappa shape index (κ1) is 11.8. The summed E-state index contributed by atoms with van der Waals surface area (Å²) in [5.74, 6) is 0.127. The van der Waals surface area contributed by atoms with Crippen molar-refractivity contribution in [1.29, 1.82) is 5.26 Å². The number of imidazole rings is 1. The van der Waals surface area contributed by atoms with E-state index in [0.717, 1.165) is 19.3 Å². The van der Waals surface area contributed by atoms with Crippen LogP contribution in [0.3, 0.4) is 0 Å². The lowest BCUT2D eigenvalue weighted by Crippen LogP contribution is -2.05. The third-order valence-corrected chi connectivity index (χ3v) is 3.92. The molecule has 0 radical (unpaired) electrons. The lowest BCUT2D eigenvalue weighted by atomic mass is 10.1. The van der Waals surface area contributed by atoms with Gasteiger partial charge in [0.2, 0.25) is 0 Å². The fourth-order valence-electron chi connectivity index (χ4n) is 2.53. The van der Waals surface area contributed by atoms with Crippen molar-refractivity contribution in [2.24, 2.45) is 5.92 Å². The molecule has 2 unspecified atom stereocenters. The van der Waals surface area contributed by atoms with E-state index >= 15 is 0 Å². The van der Waals surface area contributed by atoms with Crippen LogP contribution in [0.2, 0.25) is 10.2 Å². The fraction of sp³-hybridized carbons (Fsp3) is 0.417. The molecule has 0 aliphatic heterocycles. The number of pyridine rings is 1. The number of nitrogens with zero attached hydrogens (tertiary/aromatic N) is 4. The molecule has 2 heterocycles. The van der Waals surface area contributed by atoms with E-state index < -0.39 is 0 Å². The van der Waals surface area contributed by atoms with Crippen molar-refractivity contribution in [3.8, 4) is 6.07 Å². The number of aromatic nitrogens is 3. The predicted octanol–water partition coefficient (Wildman–Crippen LogP) is 3.60. The molecular weight excluding hydrogens is 271 g/mol. The minimum atomic E-state index is 0.127. The van der Waals surface area contributed by atoms with Gasteiger partial charge < -0.3 is 4.57 Å². The van der Waals surface area contributed by atoms with Crippen LogP contribution in [0, 0.1) is 17.2 Å². The molecule has 2 aromatic heterocycles. The van der Waals surface area contributed by atoms with Gasteiger partial charge in [-0.1, -0.05) is 23.2 Å². The van der Waals surface area contributed by atoms with Crippen LogP contribution >= 0.6 is 23.2 Å². The summed E-state index contributed by atoms with van der Waals surface area (Å²) in [4.78, 5) is 8.57. The highest BCUT2D eigenvalue weighted by atomic mass is 35.5. The van der Waals surface area contributed by atoms with E-state index in [0.29, 0.717) is 21.3 Å². The second-order valence-electron chi connectivity index (χ2n) is 4.54. The Balaban J connectivity index is 2.06. The molecule has 0 bridgehead atoms. The minimum Gasteiger partial charge on any atom is -0.312 e. The largest absolute Gasteiger partial charge is 0.312 e. The quantitative estimate of drug-likeness (QED) is 0.750. The van der Waals surface area contributed by atoms with Crippen molar-refractivity contribution in [2.75, 3.05) is 0 Å². The minimum absolute atomic E-state index is 0.127. The molecule has 18 heavy (non-hydrogen) atoms. The third kappa shape index (κ3) is 1.84. The van der Waals surface area contributed by atoms with Gasteiger partial charge in [-0.15, -0.1) is 0 Å². The molecule has 2 aromatic rings. The number of hydrogen-bond donors (Lipinski definition) is 0. The van der Waals surface area contributed by atoms with Crippen LogP contribution in [0.5, 0.6) is 0 Å². The van der Waals surface area contributed by atoms with E-state index in [9.17, 15) is 0 Å². The van der Waals surface area contributed by atoms with Crippen LogP contribution in [0.25, 0.3) is 11.2 Å². The van der Waals surface area contributed by atoms with Gasteiger partial charge in [-0.2, -0.15) is 5.26 Å². The molecule has 6 heteroatoms. The van der Waals surface area contributed by atoms with Crippen molar-refractivity contribution in [3.05, 3.63) is 22.6 Å². The van der Waals surface area contributed by atoms with Crippen molar-refractivity contribution in [2.45, 2.75) is 25.3 Å². The van der Waals surface area contributed by atoms with Crippen molar-refractivity contribution in [3.63, 3.8) is 0 Å². The summed E-state index contributed by atoms with van der Waals surface area (Å²) in [7, 11) is 0. The topological polar surface area (TPSA) is 54.5 Å². The molecule has 92 valence electrons. The molecule has 3 rings (SSSR count). The molecule has 4 nitrogen and oxygen atoms in total. The molecule has 0 amide bonds. The van der Waals surface area contributed by atoms with Crippen LogP contribution < -0.4 is 0 Å². The Kier molecular flexibility index (Phi) is 2.89. The van der Waals surface area contributed by atoms with E-state index in [1.807, 2.05) is 4.57 Å². The summed E-state index contributed by atoms with van der Waals surface area (Å²) in [5, 5.41) is 9.83. The lowest BCUT2D eigenvalue weighted by molar-refractivity contribution is 0.517. The zero-order valence-electron chi connectivity index (χ0n) is 9.48. The summed E-state index contributed by atoms with van der Waals surface area (Å²) in [6.07, 6.45) is 4.47. The smallest absolute Gasteiger partial charge is 0.163 e. The van der Waals surface area contributed by atoms with Gasteiger partial charge in [0.05, 0.1) is 17.4 Å². The number of fused-ring (bicyclic) bond motifs is 1. The molecule has 0 aromatic carbocycles. The Hall–Kier alpha value is -1.31. The van der Waals surface area contributed by atoms with Crippen LogP contribution in [-0.4, -0.2) is 14.5 Å². The maximum absolute atomic E-state index is 8.95. The van der Waals surface area contributed by atoms with Gasteiger partial charge in [-0.25, -0.2) is 9.97 Å². The van der Waals surface area contributed by atoms with Gasteiger partial charge in [-0.05, 0) is 25.3 Å². The van der Waals surface area contributed by atoms with Gasteiger partial charge in [0.15, 0.2) is 5.65 Å². The first-order chi connectivity index (χ1) is 8.69. The summed E-state index contributed by atoms with van der Waals surface area (Å²) in [6, 6.07) is 4.18. The highest BCUT2D eigenvalue weighted by Crippen LogP contribution is 2.36. The van der Waals surface area contributed by atoms with Crippen molar-refractivity contribution >= 4 is 34.4 Å². The number of hydrogen-bond acceptors (Lipinski definition) is 3. The summed E-state index contributed by atoms with van der Waals surface area (Å²) in [6.45, 7) is 0. The summed E-state index contributed by atoms with van der Waals surface area (Å²) in [5.41, 5.74) is 1.37. The van der Waals surface area contributed by atoms with Gasteiger partial charge >= 0.3 is 0 Å². The summed E-state index contributed by atoms with van der Waals surface area (Å²) < 4.78 is 1.99. The third-order valence-electron chi connectivity index (χ3n) is 3.43. The zero-order valence-corrected chi connectivity index (χ0v) is 11.0. The highest BCUT2D eigenvalue weighted by molar-refractivity contribution is 6.37. The Morgan fingerprint density at radius 2 is 2.22 bits per heavy atom. The Bertz CT molecular complexity index is 643. The predicted molar refractivity (Wildman–Crippen MR) is 69.5 cm³/mol. The van der Waals surface area contributed by atoms with E-state index in [4.69, 9.17) is 28.5 Å². The number of rotatable bonds is 1. The number of nitriles is 1. The Morgan fingerprint density at radius 3 is 2.94 bits per heavy atom. The van der Waals surface area contributed by atoms with Crippen LogP contribution in [-0.2, 0) is 0 Å². The van der Waals surface area contributed by atoms with Gasteiger partial charge in [0, 0.05) is 12.0 Å². The molecule has 2 atom stereocenters. The second kappa shape index (κ2) is 4.42. The van der Waals surface area contributed by atoms with E-state index in [-0.39, 0.29) is 12.0 Å². The van der Waals surface area contributed by atoms with Crippen LogP contribution in [0.1, 0.15) is 25.3 Å². The molecule has 0 saturated heterocycles. The molecule has 1 aliphatic carbocycles. The maximum Gasteiger partial charge on any atom is 0.163 e.